The summed E-state index contributed by atoms with van der Waals surface area (Å²) in [6.45, 7) is -3.41. The Morgan fingerprint density at radius 3 is 2.63 bits per heavy atom. The van der Waals surface area contributed by atoms with Gasteiger partial charge in [0.25, 0.3) is 5.91 Å². The number of furan rings is 1. The summed E-state index contributed by atoms with van der Waals surface area (Å²) in [6.07, 6.45) is 0. The Bertz CT molecular complexity index is 1070. The van der Waals surface area contributed by atoms with Gasteiger partial charge in [0.15, 0.2) is 17.3 Å². The van der Waals surface area contributed by atoms with E-state index in [1.54, 1.807) is 6.07 Å². The fraction of sp³-hybridized carbons (Fsp3) is 0.105. The monoisotopic (exact) mass is 422 g/mol. The van der Waals surface area contributed by atoms with Gasteiger partial charge in [0, 0.05) is 12.1 Å². The van der Waals surface area contributed by atoms with Gasteiger partial charge in [-0.3, -0.25) is 14.9 Å². The SMILES string of the molecule is O=C(Nc1ccc(F)cc1OC(F)F)c1ccc(COc2ccccc2[N+](=O)[O-])o1. The maximum absolute atomic E-state index is 13.3. The molecule has 0 atom stereocenters. The molecule has 11 heteroatoms. The molecule has 3 rings (SSSR count). The van der Waals surface area contributed by atoms with Gasteiger partial charge in [-0.1, -0.05) is 12.1 Å². The number of nitro benzene ring substituents is 1. The lowest BCUT2D eigenvalue weighted by Gasteiger charge is -2.11. The van der Waals surface area contributed by atoms with E-state index in [1.165, 1.54) is 30.3 Å². The van der Waals surface area contributed by atoms with Crippen LogP contribution in [0, 0.1) is 15.9 Å². The predicted molar refractivity (Wildman–Crippen MR) is 97.1 cm³/mol. The molecular weight excluding hydrogens is 409 g/mol. The van der Waals surface area contributed by atoms with Crippen molar-refractivity contribution in [3.8, 4) is 11.5 Å². The minimum atomic E-state index is -3.21. The maximum atomic E-state index is 13.3. The van der Waals surface area contributed by atoms with Crippen molar-refractivity contribution >= 4 is 17.3 Å². The first kappa shape index (κ1) is 20.7. The normalized spacial score (nSPS) is 10.7. The molecule has 0 spiro atoms. The van der Waals surface area contributed by atoms with Crippen LogP contribution in [0.15, 0.2) is 59.0 Å². The Morgan fingerprint density at radius 1 is 1.13 bits per heavy atom. The van der Waals surface area contributed by atoms with Crippen LogP contribution in [-0.2, 0) is 6.61 Å². The van der Waals surface area contributed by atoms with Crippen molar-refractivity contribution in [3.05, 3.63) is 82.0 Å². The average Bonchev–Trinajstić information content (AvgIpc) is 3.17. The molecule has 3 aromatic rings. The molecule has 0 aliphatic heterocycles. The maximum Gasteiger partial charge on any atom is 0.387 e. The summed E-state index contributed by atoms with van der Waals surface area (Å²) in [5, 5.41) is 13.3. The van der Waals surface area contributed by atoms with Gasteiger partial charge in [0.05, 0.1) is 10.6 Å². The molecule has 1 N–H and O–H groups in total. The summed E-state index contributed by atoms with van der Waals surface area (Å²) in [4.78, 5) is 22.7. The third-order valence-electron chi connectivity index (χ3n) is 3.73. The lowest BCUT2D eigenvalue weighted by atomic mass is 10.2. The summed E-state index contributed by atoms with van der Waals surface area (Å²) < 4.78 is 53.1. The van der Waals surface area contributed by atoms with E-state index in [9.17, 15) is 28.1 Å². The second kappa shape index (κ2) is 8.99. The van der Waals surface area contributed by atoms with Crippen molar-refractivity contribution in [1.82, 2.24) is 0 Å². The van der Waals surface area contributed by atoms with Crippen LogP contribution >= 0.6 is 0 Å². The smallest absolute Gasteiger partial charge is 0.387 e. The number of nitrogens with zero attached hydrogens (tertiary/aromatic N) is 1. The molecule has 156 valence electrons. The average molecular weight is 422 g/mol. The summed E-state index contributed by atoms with van der Waals surface area (Å²) in [5.41, 5.74) is -0.416. The molecule has 0 radical (unpaired) electrons. The summed E-state index contributed by atoms with van der Waals surface area (Å²) in [7, 11) is 0. The highest BCUT2D eigenvalue weighted by molar-refractivity contribution is 6.03. The number of hydrogen-bond donors (Lipinski definition) is 1. The van der Waals surface area contributed by atoms with Crippen LogP contribution in [0.25, 0.3) is 0 Å². The molecule has 1 heterocycles. The lowest BCUT2D eigenvalue weighted by Crippen LogP contribution is -2.13. The fourth-order valence-corrected chi connectivity index (χ4v) is 2.43. The number of benzene rings is 2. The Labute approximate surface area is 167 Å². The van der Waals surface area contributed by atoms with E-state index in [4.69, 9.17) is 9.15 Å². The number of nitrogens with one attached hydrogen (secondary N) is 1. The predicted octanol–water partition coefficient (Wildman–Crippen LogP) is 4.76. The molecule has 1 aromatic heterocycles. The summed E-state index contributed by atoms with van der Waals surface area (Å²) >= 11 is 0. The van der Waals surface area contributed by atoms with Crippen molar-refractivity contribution in [2.75, 3.05) is 5.32 Å². The minimum absolute atomic E-state index is 0.0185. The van der Waals surface area contributed by atoms with Crippen LogP contribution in [0.3, 0.4) is 0 Å². The molecule has 0 saturated carbocycles. The number of anilines is 1. The first-order valence-corrected chi connectivity index (χ1v) is 8.34. The highest BCUT2D eigenvalue weighted by Crippen LogP contribution is 2.29. The highest BCUT2D eigenvalue weighted by Gasteiger charge is 2.18. The van der Waals surface area contributed by atoms with Crippen molar-refractivity contribution in [2.24, 2.45) is 0 Å². The minimum Gasteiger partial charge on any atom is -0.479 e. The van der Waals surface area contributed by atoms with Crippen LogP contribution in [0.5, 0.6) is 11.5 Å². The number of ether oxygens (including phenoxy) is 2. The number of carbonyl (C=O) groups is 1. The zero-order valence-corrected chi connectivity index (χ0v) is 15.0. The van der Waals surface area contributed by atoms with Crippen molar-refractivity contribution in [2.45, 2.75) is 13.2 Å². The number of halogens is 3. The Morgan fingerprint density at radius 2 is 1.90 bits per heavy atom. The van der Waals surface area contributed by atoms with Crippen LogP contribution in [0.4, 0.5) is 24.5 Å². The number of rotatable bonds is 8. The van der Waals surface area contributed by atoms with E-state index in [-0.39, 0.29) is 35.3 Å². The Kier molecular flexibility index (Phi) is 6.20. The molecule has 0 aliphatic rings. The number of para-hydroxylation sites is 2. The fourth-order valence-electron chi connectivity index (χ4n) is 2.43. The number of carbonyl (C=O) groups excluding carboxylic acids is 1. The summed E-state index contributed by atoms with van der Waals surface area (Å²) in [5.74, 6) is -2.17. The van der Waals surface area contributed by atoms with Crippen LogP contribution in [0.1, 0.15) is 16.3 Å². The van der Waals surface area contributed by atoms with E-state index in [1.807, 2.05) is 0 Å². The van der Waals surface area contributed by atoms with Crippen LogP contribution < -0.4 is 14.8 Å². The third kappa shape index (κ3) is 5.07. The zero-order chi connectivity index (χ0) is 21.7. The van der Waals surface area contributed by atoms with Crippen molar-refractivity contribution < 1.29 is 36.8 Å². The molecule has 0 saturated heterocycles. The topological polar surface area (TPSA) is 104 Å². The first-order chi connectivity index (χ1) is 14.3. The van der Waals surface area contributed by atoms with Gasteiger partial charge in [-0.05, 0) is 30.3 Å². The largest absolute Gasteiger partial charge is 0.479 e. The van der Waals surface area contributed by atoms with Gasteiger partial charge in [0.1, 0.15) is 18.2 Å². The number of hydrogen-bond acceptors (Lipinski definition) is 6. The van der Waals surface area contributed by atoms with E-state index < -0.39 is 29.0 Å². The summed E-state index contributed by atoms with van der Waals surface area (Å²) in [6, 6.07) is 11.2. The molecule has 0 fully saturated rings. The Hall–Kier alpha value is -4.02. The second-order valence-corrected chi connectivity index (χ2v) is 5.75. The zero-order valence-electron chi connectivity index (χ0n) is 15.0. The molecule has 30 heavy (non-hydrogen) atoms. The second-order valence-electron chi connectivity index (χ2n) is 5.75. The molecule has 8 nitrogen and oxygen atoms in total. The van der Waals surface area contributed by atoms with E-state index >= 15 is 0 Å². The van der Waals surface area contributed by atoms with Gasteiger partial charge in [-0.15, -0.1) is 0 Å². The van der Waals surface area contributed by atoms with Gasteiger partial charge < -0.3 is 19.2 Å². The van der Waals surface area contributed by atoms with E-state index in [0.29, 0.717) is 6.07 Å². The number of alkyl halides is 2. The standard InChI is InChI=1S/C19H13F3N2O6/c20-11-5-7-13(17(9-11)30-19(21)22)23-18(25)16-8-6-12(29-16)10-28-15-4-2-1-3-14(15)24(26)27/h1-9,19H,10H2,(H,23,25). The van der Waals surface area contributed by atoms with Crippen molar-refractivity contribution in [3.63, 3.8) is 0 Å². The van der Waals surface area contributed by atoms with Crippen LogP contribution in [0.2, 0.25) is 0 Å². The van der Waals surface area contributed by atoms with Crippen molar-refractivity contribution in [1.29, 1.82) is 0 Å². The van der Waals surface area contributed by atoms with E-state index in [2.05, 4.69) is 10.1 Å². The molecule has 1 amide bonds. The Balaban J connectivity index is 1.68. The lowest BCUT2D eigenvalue weighted by molar-refractivity contribution is -0.386. The molecular formula is C19H13F3N2O6. The van der Waals surface area contributed by atoms with Gasteiger partial charge >= 0.3 is 12.3 Å². The third-order valence-corrected chi connectivity index (χ3v) is 3.73. The van der Waals surface area contributed by atoms with Gasteiger partial charge in [0.2, 0.25) is 0 Å². The first-order valence-electron chi connectivity index (χ1n) is 8.34. The number of amides is 1. The van der Waals surface area contributed by atoms with Crippen LogP contribution in [-0.4, -0.2) is 17.4 Å². The molecule has 0 aliphatic carbocycles. The molecule has 2 aromatic carbocycles. The highest BCUT2D eigenvalue weighted by atomic mass is 19.3. The molecule has 0 unspecified atom stereocenters. The van der Waals surface area contributed by atoms with Gasteiger partial charge in [-0.2, -0.15) is 8.78 Å². The number of nitro groups is 1. The van der Waals surface area contributed by atoms with Gasteiger partial charge in [-0.25, -0.2) is 4.39 Å². The molecule has 0 bridgehead atoms. The quantitative estimate of drug-likeness (QED) is 0.415. The van der Waals surface area contributed by atoms with E-state index in [0.717, 1.165) is 12.1 Å².